The predicted octanol–water partition coefficient (Wildman–Crippen LogP) is 1.53. The maximum Gasteiger partial charge on any atom is 0.242 e. The van der Waals surface area contributed by atoms with Crippen LogP contribution >= 0.6 is 11.8 Å². The topological polar surface area (TPSA) is 58.2 Å². The van der Waals surface area contributed by atoms with Crippen LogP contribution in [0.3, 0.4) is 0 Å². The summed E-state index contributed by atoms with van der Waals surface area (Å²) in [6.07, 6.45) is 4.40. The fourth-order valence-corrected chi connectivity index (χ4v) is 3.18. The van der Waals surface area contributed by atoms with Crippen molar-refractivity contribution in [3.8, 4) is 0 Å². The molecule has 114 valence electrons. The summed E-state index contributed by atoms with van der Waals surface area (Å²) in [7, 11) is 0. The first-order valence-electron chi connectivity index (χ1n) is 7.23. The Labute approximate surface area is 130 Å². The quantitative estimate of drug-likeness (QED) is 0.838. The number of hydrogen-bond donors (Lipinski definition) is 2. The van der Waals surface area contributed by atoms with E-state index in [2.05, 4.69) is 22.8 Å². The fourth-order valence-electron chi connectivity index (χ4n) is 2.71. The van der Waals surface area contributed by atoms with Crippen LogP contribution in [-0.4, -0.2) is 35.9 Å². The minimum Gasteiger partial charge on any atom is -0.351 e. The van der Waals surface area contributed by atoms with Gasteiger partial charge in [-0.05, 0) is 42.4 Å². The highest BCUT2D eigenvalue weighted by molar-refractivity contribution is 7.98. The number of amides is 2. The molecule has 0 saturated carbocycles. The first-order chi connectivity index (χ1) is 10.1. The number of fused-ring (bicyclic) bond motifs is 1. The van der Waals surface area contributed by atoms with Crippen LogP contribution < -0.4 is 10.6 Å². The van der Waals surface area contributed by atoms with E-state index in [4.69, 9.17) is 0 Å². The molecular formula is C16H22N2O2S. The van der Waals surface area contributed by atoms with Crippen molar-refractivity contribution in [2.45, 2.75) is 38.3 Å². The maximum atomic E-state index is 12.4. The van der Waals surface area contributed by atoms with E-state index in [0.717, 1.165) is 18.6 Å². The van der Waals surface area contributed by atoms with Gasteiger partial charge >= 0.3 is 0 Å². The summed E-state index contributed by atoms with van der Waals surface area (Å²) < 4.78 is 0. The van der Waals surface area contributed by atoms with Gasteiger partial charge in [-0.25, -0.2) is 0 Å². The van der Waals surface area contributed by atoms with E-state index in [-0.39, 0.29) is 17.9 Å². The zero-order chi connectivity index (χ0) is 15.2. The van der Waals surface area contributed by atoms with Crippen molar-refractivity contribution in [1.82, 2.24) is 10.6 Å². The van der Waals surface area contributed by atoms with Crippen molar-refractivity contribution >= 4 is 23.6 Å². The molecule has 21 heavy (non-hydrogen) atoms. The normalized spacial score (nSPS) is 15.3. The Balaban J connectivity index is 1.92. The molecule has 0 saturated heterocycles. The lowest BCUT2D eigenvalue weighted by molar-refractivity contribution is -0.128. The summed E-state index contributed by atoms with van der Waals surface area (Å²) in [5.41, 5.74) is 2.62. The van der Waals surface area contributed by atoms with Gasteiger partial charge in [0.1, 0.15) is 6.04 Å². The van der Waals surface area contributed by atoms with Gasteiger partial charge in [-0.3, -0.25) is 9.59 Å². The van der Waals surface area contributed by atoms with Gasteiger partial charge in [0, 0.05) is 13.0 Å². The molecular weight excluding hydrogens is 284 g/mol. The lowest BCUT2D eigenvalue weighted by Gasteiger charge is -2.20. The minimum absolute atomic E-state index is 0.0722. The molecule has 2 N–H and O–H groups in total. The summed E-state index contributed by atoms with van der Waals surface area (Å²) in [4.78, 5) is 23.6. The molecule has 0 fully saturated rings. The Hall–Kier alpha value is -1.49. The first kappa shape index (κ1) is 15.9. The van der Waals surface area contributed by atoms with Gasteiger partial charge in [0.15, 0.2) is 0 Å². The second-order valence-electron chi connectivity index (χ2n) is 5.42. The van der Waals surface area contributed by atoms with Crippen molar-refractivity contribution in [3.63, 3.8) is 0 Å². The Morgan fingerprint density at radius 2 is 1.90 bits per heavy atom. The largest absolute Gasteiger partial charge is 0.351 e. The minimum atomic E-state index is -0.432. The van der Waals surface area contributed by atoms with Gasteiger partial charge in [-0.1, -0.05) is 24.3 Å². The monoisotopic (exact) mass is 306 g/mol. The fraction of sp³-hybridized carbons (Fsp3) is 0.500. The molecule has 0 spiro atoms. The number of nitrogens with one attached hydrogen (secondary N) is 2. The Morgan fingerprint density at radius 3 is 2.43 bits per heavy atom. The smallest absolute Gasteiger partial charge is 0.242 e. The highest BCUT2D eigenvalue weighted by Gasteiger charge is 2.26. The molecule has 2 amide bonds. The number of benzene rings is 1. The summed E-state index contributed by atoms with van der Waals surface area (Å²) >= 11 is 1.68. The average Bonchev–Trinajstić information content (AvgIpc) is 2.85. The number of rotatable bonds is 6. The van der Waals surface area contributed by atoms with Crippen molar-refractivity contribution in [2.24, 2.45) is 0 Å². The molecule has 1 atom stereocenters. The molecule has 2 rings (SSSR count). The highest BCUT2D eigenvalue weighted by Crippen LogP contribution is 2.21. The zero-order valence-electron chi connectivity index (χ0n) is 12.5. The van der Waals surface area contributed by atoms with E-state index in [0.29, 0.717) is 6.42 Å². The number of thioether (sulfide) groups is 1. The van der Waals surface area contributed by atoms with Crippen LogP contribution in [0.1, 0.15) is 24.5 Å². The second-order valence-corrected chi connectivity index (χ2v) is 6.40. The average molecular weight is 306 g/mol. The molecule has 0 heterocycles. The standard InChI is InChI=1S/C16H22N2O2S/c1-11(19)17-15(7-8-21-2)16(20)18-14-9-12-5-3-4-6-13(12)10-14/h3-6,14-15H,7-10H2,1-2H3,(H,17,19)(H,18,20)/t15-/m0/s1. The van der Waals surface area contributed by atoms with Gasteiger partial charge in [-0.2, -0.15) is 11.8 Å². The Morgan fingerprint density at radius 1 is 1.29 bits per heavy atom. The highest BCUT2D eigenvalue weighted by atomic mass is 32.2. The van der Waals surface area contributed by atoms with Crippen LogP contribution in [0, 0.1) is 0 Å². The lowest BCUT2D eigenvalue weighted by atomic mass is 10.1. The van der Waals surface area contributed by atoms with Crippen LogP contribution in [0.25, 0.3) is 0 Å². The molecule has 0 aromatic heterocycles. The van der Waals surface area contributed by atoms with Gasteiger partial charge in [0.2, 0.25) is 11.8 Å². The molecule has 1 aliphatic carbocycles. The van der Waals surface area contributed by atoms with Crippen LogP contribution in [0.5, 0.6) is 0 Å². The van der Waals surface area contributed by atoms with E-state index in [1.807, 2.05) is 18.4 Å². The van der Waals surface area contributed by atoms with Gasteiger partial charge in [0.25, 0.3) is 0 Å². The van der Waals surface area contributed by atoms with Crippen molar-refractivity contribution in [2.75, 3.05) is 12.0 Å². The molecule has 0 aliphatic heterocycles. The second kappa shape index (κ2) is 7.50. The van der Waals surface area contributed by atoms with E-state index >= 15 is 0 Å². The summed E-state index contributed by atoms with van der Waals surface area (Å²) in [6.45, 7) is 1.45. The summed E-state index contributed by atoms with van der Waals surface area (Å²) in [5, 5.41) is 5.82. The maximum absolute atomic E-state index is 12.4. The van der Waals surface area contributed by atoms with Crippen LogP contribution in [0.15, 0.2) is 24.3 Å². The molecule has 4 nitrogen and oxygen atoms in total. The first-order valence-corrected chi connectivity index (χ1v) is 8.62. The third-order valence-electron chi connectivity index (χ3n) is 3.70. The molecule has 0 unspecified atom stereocenters. The summed E-state index contributed by atoms with van der Waals surface area (Å²) in [6, 6.07) is 7.99. The number of carbonyl (C=O) groups excluding carboxylic acids is 2. The van der Waals surface area contributed by atoms with Gasteiger partial charge in [0.05, 0.1) is 0 Å². The zero-order valence-corrected chi connectivity index (χ0v) is 13.3. The van der Waals surface area contributed by atoms with Gasteiger partial charge < -0.3 is 10.6 Å². The number of hydrogen-bond acceptors (Lipinski definition) is 3. The molecule has 1 aliphatic rings. The molecule has 1 aromatic rings. The Bertz CT molecular complexity index is 494. The van der Waals surface area contributed by atoms with E-state index in [9.17, 15) is 9.59 Å². The van der Waals surface area contributed by atoms with Crippen molar-refractivity contribution < 1.29 is 9.59 Å². The number of carbonyl (C=O) groups is 2. The third kappa shape index (κ3) is 4.49. The van der Waals surface area contributed by atoms with Gasteiger partial charge in [-0.15, -0.1) is 0 Å². The van der Waals surface area contributed by atoms with Crippen molar-refractivity contribution in [1.29, 1.82) is 0 Å². The summed E-state index contributed by atoms with van der Waals surface area (Å²) in [5.74, 6) is 0.617. The predicted molar refractivity (Wildman–Crippen MR) is 86.4 cm³/mol. The van der Waals surface area contributed by atoms with E-state index < -0.39 is 6.04 Å². The third-order valence-corrected chi connectivity index (χ3v) is 4.35. The van der Waals surface area contributed by atoms with Crippen molar-refractivity contribution in [3.05, 3.63) is 35.4 Å². The van der Waals surface area contributed by atoms with E-state index in [1.165, 1.54) is 18.1 Å². The molecule has 5 heteroatoms. The Kier molecular flexibility index (Phi) is 5.67. The molecule has 0 radical (unpaired) electrons. The van der Waals surface area contributed by atoms with E-state index in [1.54, 1.807) is 11.8 Å². The van der Waals surface area contributed by atoms with Crippen LogP contribution in [0.4, 0.5) is 0 Å². The lowest BCUT2D eigenvalue weighted by Crippen LogP contribution is -2.49. The molecule has 1 aromatic carbocycles. The van der Waals surface area contributed by atoms with Crippen LogP contribution in [0.2, 0.25) is 0 Å². The molecule has 0 bridgehead atoms. The van der Waals surface area contributed by atoms with Crippen LogP contribution in [-0.2, 0) is 22.4 Å². The SMILES string of the molecule is CSCC[C@H](NC(C)=O)C(=O)NC1Cc2ccccc2C1.